The van der Waals surface area contributed by atoms with Crippen LogP contribution in [0.4, 0.5) is 4.39 Å². The lowest BCUT2D eigenvalue weighted by Gasteiger charge is -2.28. The number of hydrogen-bond acceptors (Lipinski definition) is 3. The number of benzene rings is 1. The fourth-order valence-electron chi connectivity index (χ4n) is 2.24. The predicted octanol–water partition coefficient (Wildman–Crippen LogP) is 2.71. The Morgan fingerprint density at radius 2 is 2.00 bits per heavy atom. The van der Waals surface area contributed by atoms with Gasteiger partial charge >= 0.3 is 0 Å². The van der Waals surface area contributed by atoms with E-state index in [-0.39, 0.29) is 18.0 Å². The molecule has 0 unspecified atom stereocenters. The Kier molecular flexibility index (Phi) is 5.48. The lowest BCUT2D eigenvalue weighted by atomic mass is 9.76. The third-order valence-corrected chi connectivity index (χ3v) is 3.92. The minimum atomic E-state index is -0.490. The molecule has 0 fully saturated rings. The molecule has 3 nitrogen and oxygen atoms in total. The first-order valence-electron chi connectivity index (χ1n) is 6.58. The predicted molar refractivity (Wildman–Crippen MR) is 73.7 cm³/mol. The van der Waals surface area contributed by atoms with Crippen molar-refractivity contribution < 1.29 is 13.9 Å². The quantitative estimate of drug-likeness (QED) is 0.826. The SMILES string of the molecule is CCC(CC)(CN)C(=O)Cc1ccc(OC)c(F)c1. The molecule has 1 aromatic rings. The number of ketones is 1. The van der Waals surface area contributed by atoms with Crippen LogP contribution in [-0.4, -0.2) is 19.4 Å². The highest BCUT2D eigenvalue weighted by Gasteiger charge is 2.32. The maximum absolute atomic E-state index is 13.6. The largest absolute Gasteiger partial charge is 0.494 e. The summed E-state index contributed by atoms with van der Waals surface area (Å²) in [6, 6.07) is 4.61. The van der Waals surface area contributed by atoms with Crippen LogP contribution >= 0.6 is 0 Å². The van der Waals surface area contributed by atoms with E-state index in [9.17, 15) is 9.18 Å². The van der Waals surface area contributed by atoms with E-state index in [2.05, 4.69) is 0 Å². The first-order chi connectivity index (χ1) is 9.02. The number of methoxy groups -OCH3 is 1. The van der Waals surface area contributed by atoms with E-state index >= 15 is 0 Å². The molecule has 106 valence electrons. The minimum absolute atomic E-state index is 0.0737. The molecule has 0 heterocycles. The molecule has 1 aromatic carbocycles. The Morgan fingerprint density at radius 1 is 1.37 bits per heavy atom. The van der Waals surface area contributed by atoms with Crippen LogP contribution in [0.25, 0.3) is 0 Å². The summed E-state index contributed by atoms with van der Waals surface area (Å²) in [6.45, 7) is 4.25. The van der Waals surface area contributed by atoms with Crippen molar-refractivity contribution in [3.63, 3.8) is 0 Å². The van der Waals surface area contributed by atoms with E-state index in [1.807, 2.05) is 13.8 Å². The van der Waals surface area contributed by atoms with Gasteiger partial charge in [0.2, 0.25) is 0 Å². The molecule has 0 spiro atoms. The molecule has 2 N–H and O–H groups in total. The van der Waals surface area contributed by atoms with Gasteiger partial charge in [-0.05, 0) is 30.5 Å². The van der Waals surface area contributed by atoms with Crippen LogP contribution in [0.5, 0.6) is 5.75 Å². The third-order valence-electron chi connectivity index (χ3n) is 3.92. The smallest absolute Gasteiger partial charge is 0.165 e. The van der Waals surface area contributed by atoms with Gasteiger partial charge in [-0.1, -0.05) is 19.9 Å². The lowest BCUT2D eigenvalue weighted by Crippen LogP contribution is -2.38. The average molecular weight is 267 g/mol. The normalized spacial score (nSPS) is 11.4. The summed E-state index contributed by atoms with van der Waals surface area (Å²) in [4.78, 5) is 12.4. The lowest BCUT2D eigenvalue weighted by molar-refractivity contribution is -0.128. The van der Waals surface area contributed by atoms with Crippen molar-refractivity contribution in [2.24, 2.45) is 11.1 Å². The van der Waals surface area contributed by atoms with Gasteiger partial charge in [0.15, 0.2) is 11.6 Å². The molecular weight excluding hydrogens is 245 g/mol. The Morgan fingerprint density at radius 3 is 2.42 bits per heavy atom. The van der Waals surface area contributed by atoms with Crippen molar-refractivity contribution in [3.05, 3.63) is 29.6 Å². The molecule has 0 bridgehead atoms. The van der Waals surface area contributed by atoms with E-state index in [0.717, 1.165) is 0 Å². The van der Waals surface area contributed by atoms with E-state index in [4.69, 9.17) is 10.5 Å². The molecule has 0 aliphatic rings. The topological polar surface area (TPSA) is 52.3 Å². The molecule has 0 saturated carbocycles. The maximum Gasteiger partial charge on any atom is 0.165 e. The van der Waals surface area contributed by atoms with Crippen LogP contribution in [-0.2, 0) is 11.2 Å². The highest BCUT2D eigenvalue weighted by Crippen LogP contribution is 2.28. The number of carbonyl (C=O) groups is 1. The molecule has 0 aromatic heterocycles. The summed E-state index contributed by atoms with van der Waals surface area (Å²) in [5, 5.41) is 0. The Bertz CT molecular complexity index is 434. The van der Waals surface area contributed by atoms with E-state index < -0.39 is 11.2 Å². The van der Waals surface area contributed by atoms with Crippen molar-refractivity contribution in [3.8, 4) is 5.75 Å². The molecule has 0 atom stereocenters. The fraction of sp³-hybridized carbons (Fsp3) is 0.533. The highest BCUT2D eigenvalue weighted by atomic mass is 19.1. The van der Waals surface area contributed by atoms with Gasteiger partial charge in [0, 0.05) is 18.4 Å². The summed E-state index contributed by atoms with van der Waals surface area (Å²) >= 11 is 0. The number of hydrogen-bond donors (Lipinski definition) is 1. The van der Waals surface area contributed by atoms with E-state index in [1.165, 1.54) is 13.2 Å². The highest BCUT2D eigenvalue weighted by molar-refractivity contribution is 5.87. The standard InChI is InChI=1S/C15H22FNO2/c1-4-15(5-2,10-17)14(18)9-11-6-7-13(19-3)12(16)8-11/h6-8H,4-5,9-10,17H2,1-3H3. The number of carbonyl (C=O) groups excluding carboxylic acids is 1. The molecule has 0 aliphatic heterocycles. The third kappa shape index (κ3) is 3.32. The summed E-state index contributed by atoms with van der Waals surface area (Å²) in [7, 11) is 1.41. The van der Waals surface area contributed by atoms with Gasteiger partial charge in [-0.2, -0.15) is 0 Å². The van der Waals surface area contributed by atoms with Crippen LogP contribution in [0.1, 0.15) is 32.3 Å². The van der Waals surface area contributed by atoms with Crippen molar-refractivity contribution in [1.82, 2.24) is 0 Å². The van der Waals surface area contributed by atoms with E-state index in [0.29, 0.717) is 24.9 Å². The van der Waals surface area contributed by atoms with E-state index in [1.54, 1.807) is 12.1 Å². The van der Waals surface area contributed by atoms with Crippen molar-refractivity contribution in [2.45, 2.75) is 33.1 Å². The molecule has 0 radical (unpaired) electrons. The zero-order valence-corrected chi connectivity index (χ0v) is 11.8. The van der Waals surface area contributed by atoms with Crippen molar-refractivity contribution in [1.29, 1.82) is 0 Å². The van der Waals surface area contributed by atoms with Gasteiger partial charge in [-0.3, -0.25) is 4.79 Å². The Hall–Kier alpha value is -1.42. The number of Topliss-reactive ketones (excluding diaryl/α,β-unsaturated/α-hetero) is 1. The Labute approximate surface area is 113 Å². The zero-order valence-electron chi connectivity index (χ0n) is 11.8. The Balaban J connectivity index is 2.90. The van der Waals surface area contributed by atoms with Crippen LogP contribution in [0.3, 0.4) is 0 Å². The monoisotopic (exact) mass is 267 g/mol. The number of halogens is 1. The van der Waals surface area contributed by atoms with Crippen LogP contribution in [0, 0.1) is 11.2 Å². The first-order valence-corrected chi connectivity index (χ1v) is 6.58. The summed E-state index contributed by atoms with van der Waals surface area (Å²) in [6.07, 6.45) is 1.62. The molecule has 19 heavy (non-hydrogen) atoms. The second-order valence-corrected chi connectivity index (χ2v) is 4.76. The second kappa shape index (κ2) is 6.66. The average Bonchev–Trinajstić information content (AvgIpc) is 2.41. The van der Waals surface area contributed by atoms with Gasteiger partial charge < -0.3 is 10.5 Å². The van der Waals surface area contributed by atoms with Gasteiger partial charge in [-0.25, -0.2) is 4.39 Å². The molecule has 1 rings (SSSR count). The first kappa shape index (κ1) is 15.6. The molecule has 0 amide bonds. The number of rotatable bonds is 7. The number of ether oxygens (including phenoxy) is 1. The number of nitrogens with two attached hydrogens (primary N) is 1. The summed E-state index contributed by atoms with van der Waals surface area (Å²) in [5.41, 5.74) is 5.91. The summed E-state index contributed by atoms with van der Waals surface area (Å²) in [5.74, 6) is -0.184. The van der Waals surface area contributed by atoms with Gasteiger partial charge in [0.05, 0.1) is 7.11 Å². The second-order valence-electron chi connectivity index (χ2n) is 4.76. The molecule has 0 aliphatic carbocycles. The van der Waals surface area contributed by atoms with Gasteiger partial charge in [-0.15, -0.1) is 0 Å². The summed E-state index contributed by atoms with van der Waals surface area (Å²) < 4.78 is 18.4. The fourth-order valence-corrected chi connectivity index (χ4v) is 2.24. The zero-order chi connectivity index (χ0) is 14.5. The van der Waals surface area contributed by atoms with Crippen LogP contribution < -0.4 is 10.5 Å². The van der Waals surface area contributed by atoms with Crippen LogP contribution in [0.2, 0.25) is 0 Å². The van der Waals surface area contributed by atoms with Crippen LogP contribution in [0.15, 0.2) is 18.2 Å². The minimum Gasteiger partial charge on any atom is -0.494 e. The molecular formula is C15H22FNO2. The maximum atomic E-state index is 13.6. The van der Waals surface area contributed by atoms with Gasteiger partial charge in [0.25, 0.3) is 0 Å². The molecule has 4 heteroatoms. The molecule has 0 saturated heterocycles. The van der Waals surface area contributed by atoms with Gasteiger partial charge in [0.1, 0.15) is 5.78 Å². The van der Waals surface area contributed by atoms with Crippen molar-refractivity contribution in [2.75, 3.05) is 13.7 Å². The van der Waals surface area contributed by atoms with Crippen molar-refractivity contribution >= 4 is 5.78 Å².